The van der Waals surface area contributed by atoms with E-state index in [0.717, 1.165) is 0 Å². The zero-order chi connectivity index (χ0) is 26.8. The Hall–Kier alpha value is -4.41. The van der Waals surface area contributed by atoms with Crippen molar-refractivity contribution in [3.63, 3.8) is 0 Å². The van der Waals surface area contributed by atoms with Gasteiger partial charge in [-0.05, 0) is 24.3 Å². The Morgan fingerprint density at radius 3 is 2.11 bits per heavy atom. The molecule has 2 aromatic rings. The number of aromatic nitrogens is 2. The van der Waals surface area contributed by atoms with Crippen LogP contribution in [0.5, 0.6) is 0 Å². The number of aliphatic carboxylic acids is 1. The van der Waals surface area contributed by atoms with Gasteiger partial charge in [-0.15, -0.1) is 0 Å². The van der Waals surface area contributed by atoms with Crippen LogP contribution in [0.25, 0.3) is 0 Å². The van der Waals surface area contributed by atoms with Gasteiger partial charge in [-0.25, -0.2) is 23.9 Å². The molecule has 0 atom stereocenters. The van der Waals surface area contributed by atoms with Crippen molar-refractivity contribution < 1.29 is 37.1 Å². The van der Waals surface area contributed by atoms with Crippen molar-refractivity contribution in [2.24, 2.45) is 0 Å². The zero-order valence-corrected chi connectivity index (χ0v) is 18.1. The average molecular weight is 524 g/mol. The first kappa shape index (κ1) is 28.6. The maximum Gasteiger partial charge on any atom is 0.490 e. The number of nitrogen functional groups attached to an aromatic ring is 2. The van der Waals surface area contributed by atoms with Crippen LogP contribution >= 0.6 is 11.6 Å². The maximum absolute atomic E-state index is 12.8. The van der Waals surface area contributed by atoms with Crippen LogP contribution < -0.4 is 32.7 Å². The second-order valence-electron chi connectivity index (χ2n) is 6.08. The Bertz CT molecular complexity index is 1080. The first-order valence-electron chi connectivity index (χ1n) is 9.03. The lowest BCUT2D eigenvalue weighted by Gasteiger charge is -2.11. The number of guanidine groups is 1. The largest absolute Gasteiger partial charge is 0.490 e. The van der Waals surface area contributed by atoms with Gasteiger partial charge in [-0.2, -0.15) is 13.2 Å². The second-order valence-corrected chi connectivity index (χ2v) is 6.44. The van der Waals surface area contributed by atoms with Gasteiger partial charge in [0.25, 0.3) is 5.91 Å². The summed E-state index contributed by atoms with van der Waals surface area (Å²) in [5, 5.41) is 24.4. The van der Waals surface area contributed by atoms with Crippen LogP contribution in [0.1, 0.15) is 10.5 Å². The number of halogens is 5. The number of carboxylic acid groups (broad SMARTS) is 1. The van der Waals surface area contributed by atoms with E-state index in [1.54, 1.807) is 0 Å². The van der Waals surface area contributed by atoms with Crippen molar-refractivity contribution >= 4 is 52.8 Å². The molecule has 35 heavy (non-hydrogen) atoms. The molecule has 0 radical (unpaired) electrons. The number of nitrogens with two attached hydrogens (primary N) is 2. The summed E-state index contributed by atoms with van der Waals surface area (Å²) < 4.78 is 44.5. The second kappa shape index (κ2) is 12.7. The van der Waals surface area contributed by atoms with Crippen molar-refractivity contribution in [3.8, 4) is 0 Å². The normalized spacial score (nSPS) is 10.3. The highest BCUT2D eigenvalue weighted by molar-refractivity contribution is 6.31. The van der Waals surface area contributed by atoms with E-state index in [1.165, 1.54) is 24.3 Å². The molecule has 0 saturated heterocycles. The number of hydrogen-bond donors (Lipinski definition) is 8. The number of carboxylic acids is 1. The molecule has 0 aliphatic rings. The summed E-state index contributed by atoms with van der Waals surface area (Å²) in [4.78, 5) is 40.0. The highest BCUT2D eigenvalue weighted by Gasteiger charge is 2.38. The van der Waals surface area contributed by atoms with Crippen LogP contribution in [0.4, 0.5) is 39.7 Å². The van der Waals surface area contributed by atoms with Crippen molar-refractivity contribution in [1.82, 2.24) is 25.9 Å². The lowest BCUT2D eigenvalue weighted by molar-refractivity contribution is -0.192. The quantitative estimate of drug-likeness (QED) is 0.122. The first-order chi connectivity index (χ1) is 16.2. The van der Waals surface area contributed by atoms with Gasteiger partial charge in [0.1, 0.15) is 5.82 Å². The third kappa shape index (κ3) is 10.4. The molecule has 0 aliphatic carbocycles. The van der Waals surface area contributed by atoms with Crippen LogP contribution in [0.3, 0.4) is 0 Å². The summed E-state index contributed by atoms with van der Waals surface area (Å²) in [6.07, 6.45) is -5.08. The van der Waals surface area contributed by atoms with Crippen LogP contribution in [0.15, 0.2) is 24.3 Å². The maximum atomic E-state index is 12.8. The fourth-order valence-electron chi connectivity index (χ4n) is 1.90. The van der Waals surface area contributed by atoms with Crippen LogP contribution in [0.2, 0.25) is 5.15 Å². The van der Waals surface area contributed by atoms with E-state index < -0.39 is 29.9 Å². The van der Waals surface area contributed by atoms with Gasteiger partial charge in [0, 0.05) is 18.8 Å². The van der Waals surface area contributed by atoms with E-state index in [9.17, 15) is 27.2 Å². The van der Waals surface area contributed by atoms with E-state index in [4.69, 9.17) is 38.4 Å². The van der Waals surface area contributed by atoms with Crippen molar-refractivity contribution in [2.75, 3.05) is 29.9 Å². The Balaban J connectivity index is 0.000000762. The van der Waals surface area contributed by atoms with Gasteiger partial charge < -0.3 is 32.5 Å². The molecule has 0 saturated carbocycles. The number of alkyl halides is 3. The number of carbonyl (C=O) groups excluding carboxylic acids is 2. The summed E-state index contributed by atoms with van der Waals surface area (Å²) in [5.41, 5.74) is 11.1. The number of rotatable bonds is 5. The lowest BCUT2D eigenvalue weighted by Crippen LogP contribution is -2.44. The predicted molar refractivity (Wildman–Crippen MR) is 116 cm³/mol. The Morgan fingerprint density at radius 1 is 1.03 bits per heavy atom. The molecule has 0 spiro atoms. The zero-order valence-electron chi connectivity index (χ0n) is 17.3. The fraction of sp³-hybridized carbons (Fsp3) is 0.176. The van der Waals surface area contributed by atoms with Gasteiger partial charge in [0.2, 0.25) is 0 Å². The minimum absolute atomic E-state index is 0.117. The predicted octanol–water partition coefficient (Wildman–Crippen LogP) is 1.14. The van der Waals surface area contributed by atoms with E-state index in [0.29, 0.717) is 5.69 Å². The SMILES string of the molecule is N=C(NCCNC(=O)Nc1ccc(F)cc1)NC(=O)c1nc(Cl)c(N)nc1N.O=C(O)C(F)(F)F. The van der Waals surface area contributed by atoms with E-state index in [-0.39, 0.29) is 41.5 Å². The van der Waals surface area contributed by atoms with Gasteiger partial charge in [-0.3, -0.25) is 15.5 Å². The van der Waals surface area contributed by atoms with E-state index >= 15 is 0 Å². The molecular weight excluding hydrogens is 506 g/mol. The molecule has 1 aromatic carbocycles. The lowest BCUT2D eigenvalue weighted by atomic mass is 10.3. The number of urea groups is 1. The average Bonchev–Trinajstić information content (AvgIpc) is 2.75. The molecule has 3 amide bonds. The summed E-state index contributed by atoms with van der Waals surface area (Å²) in [7, 11) is 0. The topological polar surface area (TPSA) is 221 Å². The standard InChI is InChI=1S/C15H17ClFN9O2.C2HF3O2/c16-10-12(19)25-11(18)9(24-10)13(27)26-14(20)21-5-6-22-15(28)23-8-3-1-7(17)2-4-8;3-2(4,5)1(6)7/h1-4H,5-6H2,(H4,18,19,25)(H2,22,23,28)(H3,20,21,26,27);(H,6,7). The highest BCUT2D eigenvalue weighted by Crippen LogP contribution is 2.17. The fourth-order valence-corrected chi connectivity index (χ4v) is 2.02. The van der Waals surface area contributed by atoms with Gasteiger partial charge in [0.05, 0.1) is 0 Å². The molecule has 10 N–H and O–H groups in total. The third-order valence-corrected chi connectivity index (χ3v) is 3.69. The summed E-state index contributed by atoms with van der Waals surface area (Å²) in [6, 6.07) is 4.75. The molecule has 2 rings (SSSR count). The smallest absolute Gasteiger partial charge is 0.475 e. The van der Waals surface area contributed by atoms with E-state index in [2.05, 4.69) is 31.2 Å². The van der Waals surface area contributed by atoms with Crippen LogP contribution in [-0.4, -0.2) is 58.2 Å². The molecule has 1 aromatic heterocycles. The molecule has 18 heteroatoms. The van der Waals surface area contributed by atoms with E-state index in [1.807, 2.05) is 0 Å². The number of carbonyl (C=O) groups is 3. The molecule has 190 valence electrons. The molecular formula is C17H18ClF4N9O4. The number of anilines is 3. The number of hydrogen-bond acceptors (Lipinski definition) is 8. The summed E-state index contributed by atoms with van der Waals surface area (Å²) in [6.45, 7) is 0.278. The number of amides is 3. The number of benzene rings is 1. The van der Waals surface area contributed by atoms with Gasteiger partial charge in [-0.1, -0.05) is 11.6 Å². The molecule has 0 aliphatic heterocycles. The van der Waals surface area contributed by atoms with Crippen LogP contribution in [0, 0.1) is 11.2 Å². The Labute approximate surface area is 198 Å². The Kier molecular flexibility index (Phi) is 10.4. The summed E-state index contributed by atoms with van der Waals surface area (Å²) in [5.74, 6) is -4.66. The minimum atomic E-state index is -5.08. The molecule has 1 heterocycles. The number of nitrogens with one attached hydrogen (secondary N) is 5. The van der Waals surface area contributed by atoms with Crippen molar-refractivity contribution in [2.45, 2.75) is 6.18 Å². The van der Waals surface area contributed by atoms with Gasteiger partial charge >= 0.3 is 18.2 Å². The first-order valence-corrected chi connectivity index (χ1v) is 9.41. The molecule has 0 unspecified atom stereocenters. The molecule has 0 bridgehead atoms. The highest BCUT2D eigenvalue weighted by atomic mass is 35.5. The Morgan fingerprint density at radius 2 is 1.57 bits per heavy atom. The van der Waals surface area contributed by atoms with Crippen molar-refractivity contribution in [3.05, 3.63) is 40.9 Å². The molecule has 13 nitrogen and oxygen atoms in total. The van der Waals surface area contributed by atoms with Crippen LogP contribution in [-0.2, 0) is 4.79 Å². The number of nitrogens with zero attached hydrogens (tertiary/aromatic N) is 2. The molecule has 0 fully saturated rings. The minimum Gasteiger partial charge on any atom is -0.475 e. The summed E-state index contributed by atoms with van der Waals surface area (Å²) >= 11 is 5.70. The third-order valence-electron chi connectivity index (χ3n) is 3.42. The van der Waals surface area contributed by atoms with Crippen molar-refractivity contribution in [1.29, 1.82) is 5.41 Å². The monoisotopic (exact) mass is 523 g/mol. The van der Waals surface area contributed by atoms with Gasteiger partial charge in [0.15, 0.2) is 28.4 Å².